The maximum absolute atomic E-state index is 13.7. The van der Waals surface area contributed by atoms with E-state index in [0.717, 1.165) is 0 Å². The Morgan fingerprint density at radius 2 is 2.11 bits per heavy atom. The number of rotatable bonds is 4. The van der Waals surface area contributed by atoms with Gasteiger partial charge >= 0.3 is 0 Å². The average molecular weight is 262 g/mol. The molecule has 0 aromatic heterocycles. The van der Waals surface area contributed by atoms with Crippen LogP contribution in [0.15, 0.2) is 24.3 Å². The summed E-state index contributed by atoms with van der Waals surface area (Å²) >= 11 is 0. The van der Waals surface area contributed by atoms with Gasteiger partial charge < -0.3 is 4.90 Å². The molecular formula is C15H19FN2O. The number of benzene rings is 1. The van der Waals surface area contributed by atoms with Crippen LogP contribution in [0.5, 0.6) is 0 Å². The highest BCUT2D eigenvalue weighted by molar-refractivity contribution is 5.85. The van der Waals surface area contributed by atoms with E-state index in [1.807, 2.05) is 6.07 Å². The fraction of sp³-hybridized carbons (Fsp3) is 0.467. The van der Waals surface area contributed by atoms with Crippen LogP contribution in [0, 0.1) is 22.6 Å². The molecule has 1 rings (SSSR count). The minimum absolute atomic E-state index is 0.284. The van der Waals surface area contributed by atoms with Gasteiger partial charge in [-0.2, -0.15) is 5.26 Å². The molecule has 3 nitrogen and oxygen atoms in total. The summed E-state index contributed by atoms with van der Waals surface area (Å²) in [5.74, 6) is -0.627. The first kappa shape index (κ1) is 15.2. The van der Waals surface area contributed by atoms with E-state index in [1.165, 1.54) is 11.0 Å². The summed E-state index contributed by atoms with van der Waals surface area (Å²) in [5.41, 5.74) is -0.608. The molecule has 0 radical (unpaired) electrons. The molecule has 0 spiro atoms. The van der Waals surface area contributed by atoms with Crippen LogP contribution in [0.2, 0.25) is 0 Å². The predicted octanol–water partition coefficient (Wildman–Crippen LogP) is 3.28. The third-order valence-corrected chi connectivity index (χ3v) is 3.68. The van der Waals surface area contributed by atoms with Crippen LogP contribution in [-0.4, -0.2) is 17.9 Å². The predicted molar refractivity (Wildman–Crippen MR) is 71.6 cm³/mol. The maximum Gasteiger partial charge on any atom is 0.242 e. The summed E-state index contributed by atoms with van der Waals surface area (Å²) in [7, 11) is 1.60. The Bertz CT molecular complexity index is 509. The molecule has 0 fully saturated rings. The number of nitrogens with zero attached hydrogens (tertiary/aromatic N) is 2. The topological polar surface area (TPSA) is 44.1 Å². The van der Waals surface area contributed by atoms with Crippen LogP contribution in [0.3, 0.4) is 0 Å². The van der Waals surface area contributed by atoms with E-state index in [9.17, 15) is 9.18 Å². The molecule has 102 valence electrons. The summed E-state index contributed by atoms with van der Waals surface area (Å²) in [6, 6.07) is 8.00. The van der Waals surface area contributed by atoms with E-state index in [0.29, 0.717) is 12.0 Å². The third-order valence-electron chi connectivity index (χ3n) is 3.68. The molecule has 0 N–H and O–H groups in total. The van der Waals surface area contributed by atoms with Crippen LogP contribution < -0.4 is 0 Å². The molecule has 0 heterocycles. The first-order valence-corrected chi connectivity index (χ1v) is 6.30. The Hall–Kier alpha value is -1.89. The molecule has 4 heteroatoms. The number of carbonyl (C=O) groups excluding carboxylic acids is 1. The fourth-order valence-electron chi connectivity index (χ4n) is 1.87. The van der Waals surface area contributed by atoms with Crippen molar-refractivity contribution in [3.05, 3.63) is 35.6 Å². The van der Waals surface area contributed by atoms with Crippen LogP contribution >= 0.6 is 0 Å². The zero-order valence-corrected chi connectivity index (χ0v) is 11.8. The van der Waals surface area contributed by atoms with Crippen molar-refractivity contribution in [1.29, 1.82) is 5.26 Å². The van der Waals surface area contributed by atoms with Crippen molar-refractivity contribution in [3.63, 3.8) is 0 Å². The number of halogens is 1. The van der Waals surface area contributed by atoms with Crippen molar-refractivity contribution >= 4 is 5.91 Å². The quantitative estimate of drug-likeness (QED) is 0.835. The average Bonchev–Trinajstić information content (AvgIpc) is 2.44. The molecular weight excluding hydrogens is 243 g/mol. The van der Waals surface area contributed by atoms with E-state index in [-0.39, 0.29) is 11.7 Å². The maximum atomic E-state index is 13.7. The number of amides is 1. The first-order chi connectivity index (χ1) is 8.87. The molecule has 0 bridgehead atoms. The van der Waals surface area contributed by atoms with Gasteiger partial charge in [-0.1, -0.05) is 25.1 Å². The molecule has 0 saturated carbocycles. The van der Waals surface area contributed by atoms with Gasteiger partial charge in [-0.3, -0.25) is 4.79 Å². The summed E-state index contributed by atoms with van der Waals surface area (Å²) in [6.45, 7) is 5.16. The van der Waals surface area contributed by atoms with Gasteiger partial charge in [0.15, 0.2) is 0 Å². The number of hydrogen-bond acceptors (Lipinski definition) is 2. The smallest absolute Gasteiger partial charge is 0.242 e. The van der Waals surface area contributed by atoms with Crippen molar-refractivity contribution < 1.29 is 9.18 Å². The molecule has 1 aromatic rings. The van der Waals surface area contributed by atoms with E-state index < -0.39 is 11.5 Å². The molecule has 2 unspecified atom stereocenters. The highest BCUT2D eigenvalue weighted by Gasteiger charge is 2.36. The van der Waals surface area contributed by atoms with Gasteiger partial charge in [0, 0.05) is 12.6 Å². The van der Waals surface area contributed by atoms with Crippen molar-refractivity contribution in [3.8, 4) is 6.07 Å². The zero-order valence-electron chi connectivity index (χ0n) is 11.8. The lowest BCUT2D eigenvalue weighted by atomic mass is 9.87. The van der Waals surface area contributed by atoms with E-state index in [2.05, 4.69) is 0 Å². The lowest BCUT2D eigenvalue weighted by molar-refractivity contribution is -0.139. The molecule has 1 amide bonds. The van der Waals surface area contributed by atoms with Gasteiger partial charge in [0.05, 0.1) is 12.1 Å². The number of nitriles is 1. The van der Waals surface area contributed by atoms with Gasteiger partial charge in [0.2, 0.25) is 5.91 Å². The second-order valence-electron chi connectivity index (χ2n) is 4.91. The number of carbonyl (C=O) groups is 1. The van der Waals surface area contributed by atoms with Crippen molar-refractivity contribution in [2.24, 2.45) is 5.41 Å². The van der Waals surface area contributed by atoms with Gasteiger partial charge in [-0.05, 0) is 26.3 Å². The van der Waals surface area contributed by atoms with E-state index >= 15 is 0 Å². The fourth-order valence-corrected chi connectivity index (χ4v) is 1.87. The lowest BCUT2D eigenvalue weighted by Crippen LogP contribution is -2.40. The van der Waals surface area contributed by atoms with Crippen LogP contribution in [0.4, 0.5) is 4.39 Å². The summed E-state index contributed by atoms with van der Waals surface area (Å²) in [4.78, 5) is 13.8. The molecule has 19 heavy (non-hydrogen) atoms. The van der Waals surface area contributed by atoms with Gasteiger partial charge in [-0.25, -0.2) is 4.39 Å². The van der Waals surface area contributed by atoms with Crippen LogP contribution in [0.25, 0.3) is 0 Å². The molecule has 0 aliphatic rings. The molecule has 0 aliphatic heterocycles. The third kappa shape index (κ3) is 2.93. The Morgan fingerprint density at radius 1 is 1.53 bits per heavy atom. The zero-order chi connectivity index (χ0) is 14.6. The summed E-state index contributed by atoms with van der Waals surface area (Å²) in [6.07, 6.45) is 0.427. The van der Waals surface area contributed by atoms with Gasteiger partial charge in [-0.15, -0.1) is 0 Å². The summed E-state index contributed by atoms with van der Waals surface area (Å²) < 4.78 is 13.7. The van der Waals surface area contributed by atoms with Crippen molar-refractivity contribution in [1.82, 2.24) is 4.90 Å². The largest absolute Gasteiger partial charge is 0.338 e. The van der Waals surface area contributed by atoms with Crippen LogP contribution in [0.1, 0.15) is 38.8 Å². The molecule has 1 aromatic carbocycles. The number of hydrogen-bond donors (Lipinski definition) is 0. The highest BCUT2D eigenvalue weighted by Crippen LogP contribution is 2.28. The van der Waals surface area contributed by atoms with Crippen molar-refractivity contribution in [2.45, 2.75) is 33.2 Å². The molecule has 2 atom stereocenters. The second kappa shape index (κ2) is 5.83. The first-order valence-electron chi connectivity index (χ1n) is 6.30. The molecule has 0 aliphatic carbocycles. The van der Waals surface area contributed by atoms with Crippen molar-refractivity contribution in [2.75, 3.05) is 7.05 Å². The summed E-state index contributed by atoms with van der Waals surface area (Å²) in [5, 5.41) is 9.14. The molecule has 0 saturated heterocycles. The monoisotopic (exact) mass is 262 g/mol. The van der Waals surface area contributed by atoms with Crippen LogP contribution in [-0.2, 0) is 4.79 Å². The van der Waals surface area contributed by atoms with Gasteiger partial charge in [0.1, 0.15) is 11.2 Å². The highest BCUT2D eigenvalue weighted by atomic mass is 19.1. The SMILES string of the molecule is CCC(C)(C#N)C(=O)N(C)C(C)c1ccccc1F. The lowest BCUT2D eigenvalue weighted by Gasteiger charge is -2.31. The Balaban J connectivity index is 3.02. The van der Waals surface area contributed by atoms with E-state index in [1.54, 1.807) is 46.0 Å². The van der Waals surface area contributed by atoms with Gasteiger partial charge in [0.25, 0.3) is 0 Å². The Morgan fingerprint density at radius 3 is 2.58 bits per heavy atom. The minimum Gasteiger partial charge on any atom is -0.338 e. The minimum atomic E-state index is -1.06. The normalized spacial score (nSPS) is 15.2. The van der Waals surface area contributed by atoms with E-state index in [4.69, 9.17) is 5.26 Å². The Labute approximate surface area is 113 Å². The Kier molecular flexibility index (Phi) is 4.66. The standard InChI is InChI=1S/C15H19FN2O/c1-5-15(3,10-17)14(19)18(4)11(2)12-8-6-7-9-13(12)16/h6-9,11H,5H2,1-4H3. The second-order valence-corrected chi connectivity index (χ2v) is 4.91.